The van der Waals surface area contributed by atoms with E-state index in [1.807, 2.05) is 22.3 Å². The molecule has 5 nitrogen and oxygen atoms in total. The van der Waals surface area contributed by atoms with E-state index in [-0.39, 0.29) is 6.04 Å². The Morgan fingerprint density at radius 3 is 3.05 bits per heavy atom. The van der Waals surface area contributed by atoms with E-state index in [2.05, 4.69) is 23.1 Å². The molecule has 3 rings (SSSR count). The first-order chi connectivity index (χ1) is 10.2. The standard InChI is InChI=1S/C15H18N4OS/c1-3-5-19-15(12(20-2)9-18-19)14(16)10-7-13-11(17-8-10)4-6-21-13/h4,6-9,14H,3,5,16H2,1-2H3. The predicted octanol–water partition coefficient (Wildman–Crippen LogP) is 2.96. The van der Waals surface area contributed by atoms with Crippen LogP contribution >= 0.6 is 11.3 Å². The maximum absolute atomic E-state index is 6.45. The first-order valence-electron chi connectivity index (χ1n) is 6.93. The zero-order valence-corrected chi connectivity index (χ0v) is 12.9. The molecule has 0 bridgehead atoms. The van der Waals surface area contributed by atoms with Crippen molar-refractivity contribution in [1.82, 2.24) is 14.8 Å². The fourth-order valence-electron chi connectivity index (χ4n) is 2.43. The molecule has 0 aliphatic rings. The molecule has 6 heteroatoms. The molecule has 0 fully saturated rings. The second-order valence-corrected chi connectivity index (χ2v) is 5.82. The highest BCUT2D eigenvalue weighted by Crippen LogP contribution is 2.30. The number of pyridine rings is 1. The molecule has 21 heavy (non-hydrogen) atoms. The zero-order chi connectivity index (χ0) is 14.8. The summed E-state index contributed by atoms with van der Waals surface area (Å²) in [6, 6.07) is 3.81. The number of nitrogens with zero attached hydrogens (tertiary/aromatic N) is 3. The molecule has 0 aliphatic carbocycles. The Kier molecular flexibility index (Phi) is 3.90. The van der Waals surface area contributed by atoms with Crippen LogP contribution in [-0.2, 0) is 6.54 Å². The van der Waals surface area contributed by atoms with Crippen molar-refractivity contribution in [2.24, 2.45) is 5.73 Å². The minimum Gasteiger partial charge on any atom is -0.493 e. The lowest BCUT2D eigenvalue weighted by Crippen LogP contribution is -2.18. The number of rotatable bonds is 5. The quantitative estimate of drug-likeness (QED) is 0.787. The van der Waals surface area contributed by atoms with E-state index < -0.39 is 0 Å². The molecule has 0 spiro atoms. The fourth-order valence-corrected chi connectivity index (χ4v) is 3.22. The van der Waals surface area contributed by atoms with Gasteiger partial charge in [-0.25, -0.2) is 0 Å². The molecule has 0 saturated heterocycles. The van der Waals surface area contributed by atoms with Crippen molar-refractivity contribution in [3.05, 3.63) is 41.2 Å². The summed E-state index contributed by atoms with van der Waals surface area (Å²) in [5.41, 5.74) is 9.33. The average molecular weight is 302 g/mol. The van der Waals surface area contributed by atoms with Crippen LogP contribution in [0.1, 0.15) is 30.6 Å². The maximum Gasteiger partial charge on any atom is 0.161 e. The zero-order valence-electron chi connectivity index (χ0n) is 12.1. The summed E-state index contributed by atoms with van der Waals surface area (Å²) in [6.07, 6.45) is 4.55. The molecule has 0 aliphatic heterocycles. The Labute approximate surface area is 127 Å². The molecule has 1 unspecified atom stereocenters. The monoisotopic (exact) mass is 302 g/mol. The van der Waals surface area contributed by atoms with Crippen molar-refractivity contribution in [2.45, 2.75) is 25.9 Å². The lowest BCUT2D eigenvalue weighted by molar-refractivity contribution is 0.404. The lowest BCUT2D eigenvalue weighted by Gasteiger charge is -2.15. The highest BCUT2D eigenvalue weighted by Gasteiger charge is 2.20. The molecule has 0 radical (unpaired) electrons. The number of aryl methyl sites for hydroxylation is 1. The van der Waals surface area contributed by atoms with Gasteiger partial charge in [0.25, 0.3) is 0 Å². The Balaban J connectivity index is 2.03. The summed E-state index contributed by atoms with van der Waals surface area (Å²) in [4.78, 5) is 4.46. The van der Waals surface area contributed by atoms with E-state index in [9.17, 15) is 0 Å². The van der Waals surface area contributed by atoms with Gasteiger partial charge in [-0.3, -0.25) is 9.67 Å². The van der Waals surface area contributed by atoms with Crippen LogP contribution in [0.4, 0.5) is 0 Å². The summed E-state index contributed by atoms with van der Waals surface area (Å²) in [7, 11) is 1.64. The first-order valence-corrected chi connectivity index (χ1v) is 7.81. The Hall–Kier alpha value is -1.92. The van der Waals surface area contributed by atoms with E-state index in [0.717, 1.165) is 40.2 Å². The molecule has 2 N–H and O–H groups in total. The summed E-state index contributed by atoms with van der Waals surface area (Å²) in [5, 5.41) is 6.41. The number of nitrogens with two attached hydrogens (primary N) is 1. The van der Waals surface area contributed by atoms with E-state index in [1.54, 1.807) is 24.6 Å². The molecule has 110 valence electrons. The average Bonchev–Trinajstić information content (AvgIpc) is 3.12. The topological polar surface area (TPSA) is 66.0 Å². The number of aromatic nitrogens is 3. The van der Waals surface area contributed by atoms with E-state index in [4.69, 9.17) is 10.5 Å². The number of thiophene rings is 1. The molecule has 3 heterocycles. The van der Waals surface area contributed by atoms with Crippen molar-refractivity contribution in [2.75, 3.05) is 7.11 Å². The van der Waals surface area contributed by atoms with Crippen LogP contribution in [0.5, 0.6) is 5.75 Å². The molecule has 3 aromatic rings. The van der Waals surface area contributed by atoms with Crippen LogP contribution in [0, 0.1) is 0 Å². The third-order valence-corrected chi connectivity index (χ3v) is 4.33. The van der Waals surface area contributed by atoms with E-state index in [0.29, 0.717) is 0 Å². The predicted molar refractivity (Wildman–Crippen MR) is 84.7 cm³/mol. The molecule has 3 aromatic heterocycles. The van der Waals surface area contributed by atoms with Crippen LogP contribution in [0.15, 0.2) is 29.9 Å². The van der Waals surface area contributed by atoms with Gasteiger partial charge in [0.2, 0.25) is 0 Å². The molecule has 0 saturated carbocycles. The number of fused-ring (bicyclic) bond motifs is 1. The van der Waals surface area contributed by atoms with E-state index in [1.165, 1.54) is 0 Å². The largest absolute Gasteiger partial charge is 0.493 e. The third kappa shape index (κ3) is 2.52. The van der Waals surface area contributed by atoms with E-state index >= 15 is 0 Å². The minimum atomic E-state index is -0.298. The van der Waals surface area contributed by atoms with Crippen LogP contribution in [0.25, 0.3) is 10.2 Å². The molecular formula is C15H18N4OS. The second-order valence-electron chi connectivity index (χ2n) is 4.87. The Morgan fingerprint density at radius 1 is 1.43 bits per heavy atom. The summed E-state index contributed by atoms with van der Waals surface area (Å²) < 4.78 is 8.47. The van der Waals surface area contributed by atoms with Crippen LogP contribution in [0.2, 0.25) is 0 Å². The lowest BCUT2D eigenvalue weighted by atomic mass is 10.1. The summed E-state index contributed by atoms with van der Waals surface area (Å²) in [5.74, 6) is 0.724. The summed E-state index contributed by atoms with van der Waals surface area (Å²) in [6.45, 7) is 2.93. The van der Waals surface area contributed by atoms with Gasteiger partial charge in [-0.1, -0.05) is 6.92 Å². The van der Waals surface area contributed by atoms with Crippen molar-refractivity contribution in [3.63, 3.8) is 0 Å². The minimum absolute atomic E-state index is 0.298. The van der Waals surface area contributed by atoms with Crippen molar-refractivity contribution in [3.8, 4) is 5.75 Å². The van der Waals surface area contributed by atoms with Gasteiger partial charge in [0.15, 0.2) is 5.75 Å². The third-order valence-electron chi connectivity index (χ3n) is 3.48. The molecule has 0 amide bonds. The van der Waals surface area contributed by atoms with Crippen LogP contribution in [-0.4, -0.2) is 21.9 Å². The van der Waals surface area contributed by atoms with Gasteiger partial charge in [-0.2, -0.15) is 5.10 Å². The smallest absolute Gasteiger partial charge is 0.161 e. The number of hydrogen-bond acceptors (Lipinski definition) is 5. The molecule has 1 atom stereocenters. The maximum atomic E-state index is 6.45. The van der Waals surface area contributed by atoms with Crippen LogP contribution in [0.3, 0.4) is 0 Å². The highest BCUT2D eigenvalue weighted by molar-refractivity contribution is 7.17. The van der Waals surface area contributed by atoms with Crippen molar-refractivity contribution < 1.29 is 4.74 Å². The van der Waals surface area contributed by atoms with Crippen molar-refractivity contribution >= 4 is 21.6 Å². The van der Waals surface area contributed by atoms with Crippen molar-refractivity contribution in [1.29, 1.82) is 0 Å². The SMILES string of the molecule is CCCn1ncc(OC)c1C(N)c1cnc2ccsc2c1. The van der Waals surface area contributed by atoms with Crippen LogP contribution < -0.4 is 10.5 Å². The van der Waals surface area contributed by atoms with Gasteiger partial charge in [0.1, 0.15) is 5.69 Å². The number of ether oxygens (including phenoxy) is 1. The molecule has 0 aromatic carbocycles. The first kappa shape index (κ1) is 14.0. The highest BCUT2D eigenvalue weighted by atomic mass is 32.1. The van der Waals surface area contributed by atoms with Gasteiger partial charge in [0, 0.05) is 12.7 Å². The Morgan fingerprint density at radius 2 is 2.29 bits per heavy atom. The number of methoxy groups -OCH3 is 1. The number of hydrogen-bond donors (Lipinski definition) is 1. The van der Waals surface area contributed by atoms with Gasteiger partial charge in [-0.15, -0.1) is 11.3 Å². The van der Waals surface area contributed by atoms with Gasteiger partial charge >= 0.3 is 0 Å². The van der Waals surface area contributed by atoms with Gasteiger partial charge in [0.05, 0.1) is 29.6 Å². The molecular weight excluding hydrogens is 284 g/mol. The fraction of sp³-hybridized carbons (Fsp3) is 0.333. The Bertz CT molecular complexity index is 749. The second kappa shape index (κ2) is 5.83. The van der Waals surface area contributed by atoms with Gasteiger partial charge < -0.3 is 10.5 Å². The van der Waals surface area contributed by atoms with Gasteiger partial charge in [-0.05, 0) is 29.5 Å². The normalized spacial score (nSPS) is 12.7. The summed E-state index contributed by atoms with van der Waals surface area (Å²) >= 11 is 1.67.